The van der Waals surface area contributed by atoms with E-state index in [1.807, 2.05) is 0 Å². The molecule has 0 bridgehead atoms. The van der Waals surface area contributed by atoms with E-state index in [4.69, 9.17) is 33.0 Å². The van der Waals surface area contributed by atoms with Crippen molar-refractivity contribution in [3.8, 4) is 0 Å². The van der Waals surface area contributed by atoms with E-state index in [0.29, 0.717) is 41.7 Å². The van der Waals surface area contributed by atoms with Crippen LogP contribution in [0.4, 0.5) is 0 Å². The van der Waals surface area contributed by atoms with Crippen LogP contribution in [-0.4, -0.2) is 35.7 Å². The number of carboxylic acid groups (broad SMARTS) is 1. The fourth-order valence-corrected chi connectivity index (χ4v) is 3.13. The van der Waals surface area contributed by atoms with Crippen LogP contribution in [0, 0.1) is 0 Å². The van der Waals surface area contributed by atoms with Crippen LogP contribution in [0.25, 0.3) is 0 Å². The largest absolute Gasteiger partial charge is 0.481 e. The summed E-state index contributed by atoms with van der Waals surface area (Å²) in [4.78, 5) is 23.4. The topological polar surface area (TPSA) is 75.6 Å². The van der Waals surface area contributed by atoms with Gasteiger partial charge in [0.05, 0.1) is 18.4 Å². The number of ether oxygens (including phenoxy) is 1. The maximum atomic E-state index is 12.3. The molecule has 2 N–H and O–H groups in total. The molecule has 1 aliphatic rings. The van der Waals surface area contributed by atoms with Crippen molar-refractivity contribution in [1.82, 2.24) is 5.32 Å². The van der Waals surface area contributed by atoms with Crippen LogP contribution < -0.4 is 5.32 Å². The predicted molar refractivity (Wildman–Crippen MR) is 83.3 cm³/mol. The normalized spacial score (nSPS) is 17.0. The molecule has 120 valence electrons. The Morgan fingerprint density at radius 3 is 2.36 bits per heavy atom. The molecular weight excluding hydrogens is 329 g/mol. The smallest absolute Gasteiger partial charge is 0.305 e. The zero-order valence-electron chi connectivity index (χ0n) is 11.9. The lowest BCUT2D eigenvalue weighted by atomic mass is 9.86. The predicted octanol–water partition coefficient (Wildman–Crippen LogP) is 2.68. The number of halogens is 2. The Bertz CT molecular complexity index is 550. The van der Waals surface area contributed by atoms with E-state index in [2.05, 4.69) is 5.32 Å². The van der Waals surface area contributed by atoms with Crippen molar-refractivity contribution in [3.63, 3.8) is 0 Å². The SMILES string of the molecule is O=C(O)CC1(NC(=O)Cc2c(Cl)cccc2Cl)CCOCC1. The molecule has 22 heavy (non-hydrogen) atoms. The molecule has 0 aliphatic carbocycles. The molecule has 1 fully saturated rings. The van der Waals surface area contributed by atoms with Gasteiger partial charge in [0.25, 0.3) is 0 Å². The molecule has 2 rings (SSSR count). The van der Waals surface area contributed by atoms with Crippen molar-refractivity contribution in [2.24, 2.45) is 0 Å². The Kier molecular flexibility index (Phi) is 5.67. The quantitative estimate of drug-likeness (QED) is 0.860. The Morgan fingerprint density at radius 2 is 1.82 bits per heavy atom. The van der Waals surface area contributed by atoms with Gasteiger partial charge in [-0.25, -0.2) is 0 Å². The van der Waals surface area contributed by atoms with E-state index in [-0.39, 0.29) is 18.7 Å². The van der Waals surface area contributed by atoms with Crippen LogP contribution in [0.5, 0.6) is 0 Å². The van der Waals surface area contributed by atoms with Crippen LogP contribution in [0.2, 0.25) is 10.0 Å². The Balaban J connectivity index is 2.09. The first kappa shape index (κ1) is 17.1. The fraction of sp³-hybridized carbons (Fsp3) is 0.467. The van der Waals surface area contributed by atoms with Gasteiger partial charge in [0.1, 0.15) is 0 Å². The van der Waals surface area contributed by atoms with Gasteiger partial charge in [-0.05, 0) is 30.5 Å². The van der Waals surface area contributed by atoms with Crippen LogP contribution in [0.1, 0.15) is 24.8 Å². The number of nitrogens with one attached hydrogen (secondary N) is 1. The highest BCUT2D eigenvalue weighted by Gasteiger charge is 2.36. The lowest BCUT2D eigenvalue weighted by molar-refractivity contribution is -0.140. The summed E-state index contributed by atoms with van der Waals surface area (Å²) in [6, 6.07) is 5.03. The number of carboxylic acids is 1. The van der Waals surface area contributed by atoms with Gasteiger partial charge in [0.2, 0.25) is 5.91 Å². The Labute approximate surface area is 138 Å². The third-order valence-electron chi connectivity index (χ3n) is 3.74. The average molecular weight is 346 g/mol. The maximum Gasteiger partial charge on any atom is 0.305 e. The number of carbonyl (C=O) groups excluding carboxylic acids is 1. The van der Waals surface area contributed by atoms with Gasteiger partial charge < -0.3 is 15.2 Å². The van der Waals surface area contributed by atoms with Crippen LogP contribution in [0.3, 0.4) is 0 Å². The number of aliphatic carboxylic acids is 1. The molecule has 1 amide bonds. The lowest BCUT2D eigenvalue weighted by Crippen LogP contribution is -2.53. The van der Waals surface area contributed by atoms with Crippen molar-refractivity contribution in [2.45, 2.75) is 31.2 Å². The monoisotopic (exact) mass is 345 g/mol. The molecule has 5 nitrogen and oxygen atoms in total. The van der Waals surface area contributed by atoms with Crippen LogP contribution in [0.15, 0.2) is 18.2 Å². The van der Waals surface area contributed by atoms with Gasteiger partial charge in [0.15, 0.2) is 0 Å². The summed E-state index contributed by atoms with van der Waals surface area (Å²) in [5, 5.41) is 12.8. The first-order valence-electron chi connectivity index (χ1n) is 6.95. The van der Waals surface area contributed by atoms with Crippen LogP contribution >= 0.6 is 23.2 Å². The molecule has 1 heterocycles. The van der Waals surface area contributed by atoms with Gasteiger partial charge >= 0.3 is 5.97 Å². The zero-order valence-corrected chi connectivity index (χ0v) is 13.4. The summed E-state index contributed by atoms with van der Waals surface area (Å²) < 4.78 is 5.26. The molecule has 1 aromatic rings. The van der Waals surface area contributed by atoms with Gasteiger partial charge in [-0.2, -0.15) is 0 Å². The number of hydrogen-bond donors (Lipinski definition) is 2. The minimum absolute atomic E-state index is 0.0146. The second-order valence-electron chi connectivity index (χ2n) is 5.39. The van der Waals surface area contributed by atoms with E-state index in [1.54, 1.807) is 18.2 Å². The summed E-state index contributed by atoms with van der Waals surface area (Å²) in [6.45, 7) is 0.862. The summed E-state index contributed by atoms with van der Waals surface area (Å²) in [5.74, 6) is -1.24. The molecule has 0 atom stereocenters. The molecule has 7 heteroatoms. The number of rotatable bonds is 5. The van der Waals surface area contributed by atoms with Gasteiger partial charge in [-0.15, -0.1) is 0 Å². The summed E-state index contributed by atoms with van der Waals surface area (Å²) in [7, 11) is 0. The number of hydrogen-bond acceptors (Lipinski definition) is 3. The van der Waals surface area contributed by atoms with Crippen molar-refractivity contribution in [1.29, 1.82) is 0 Å². The highest BCUT2D eigenvalue weighted by molar-refractivity contribution is 6.36. The Morgan fingerprint density at radius 1 is 1.23 bits per heavy atom. The lowest BCUT2D eigenvalue weighted by Gasteiger charge is -2.37. The molecule has 0 radical (unpaired) electrons. The summed E-state index contributed by atoms with van der Waals surface area (Å²) in [5.41, 5.74) is -0.226. The second kappa shape index (κ2) is 7.31. The van der Waals surface area contributed by atoms with E-state index >= 15 is 0 Å². The van der Waals surface area contributed by atoms with Gasteiger partial charge in [0, 0.05) is 23.3 Å². The molecule has 1 aromatic carbocycles. The number of carbonyl (C=O) groups is 2. The summed E-state index contributed by atoms with van der Waals surface area (Å²) in [6.07, 6.45) is 0.835. The fourth-order valence-electron chi connectivity index (χ4n) is 2.60. The van der Waals surface area contributed by atoms with E-state index < -0.39 is 11.5 Å². The standard InChI is InChI=1S/C15H17Cl2NO4/c16-11-2-1-3-12(17)10(11)8-13(19)18-15(9-14(20)21)4-6-22-7-5-15/h1-3H,4-9H2,(H,18,19)(H,20,21). The maximum absolute atomic E-state index is 12.3. The first-order chi connectivity index (χ1) is 10.4. The van der Waals surface area contributed by atoms with Crippen molar-refractivity contribution in [3.05, 3.63) is 33.8 Å². The highest BCUT2D eigenvalue weighted by atomic mass is 35.5. The highest BCUT2D eigenvalue weighted by Crippen LogP contribution is 2.27. The molecule has 0 unspecified atom stereocenters. The number of amides is 1. The van der Waals surface area contributed by atoms with Crippen LogP contribution in [-0.2, 0) is 20.7 Å². The minimum Gasteiger partial charge on any atom is -0.481 e. The van der Waals surface area contributed by atoms with E-state index in [9.17, 15) is 9.59 Å². The minimum atomic E-state index is -0.946. The third kappa shape index (κ3) is 4.35. The molecular formula is C15H17Cl2NO4. The molecule has 0 saturated carbocycles. The van der Waals surface area contributed by atoms with E-state index in [0.717, 1.165) is 0 Å². The first-order valence-corrected chi connectivity index (χ1v) is 7.71. The second-order valence-corrected chi connectivity index (χ2v) is 6.20. The zero-order chi connectivity index (χ0) is 16.2. The van der Waals surface area contributed by atoms with Gasteiger partial charge in [-0.3, -0.25) is 9.59 Å². The Hall–Kier alpha value is -1.30. The third-order valence-corrected chi connectivity index (χ3v) is 4.45. The van der Waals surface area contributed by atoms with Crippen molar-refractivity contribution < 1.29 is 19.4 Å². The number of benzene rings is 1. The van der Waals surface area contributed by atoms with Crippen molar-refractivity contribution in [2.75, 3.05) is 13.2 Å². The molecule has 0 spiro atoms. The average Bonchev–Trinajstić information content (AvgIpc) is 2.43. The molecule has 0 aromatic heterocycles. The van der Waals surface area contributed by atoms with E-state index in [1.165, 1.54) is 0 Å². The van der Waals surface area contributed by atoms with Crippen molar-refractivity contribution >= 4 is 35.1 Å². The molecule has 1 saturated heterocycles. The summed E-state index contributed by atoms with van der Waals surface area (Å²) >= 11 is 12.1. The molecule has 1 aliphatic heterocycles. The van der Waals surface area contributed by atoms with Gasteiger partial charge in [-0.1, -0.05) is 29.3 Å².